The van der Waals surface area contributed by atoms with Crippen molar-refractivity contribution in [2.24, 2.45) is 4.99 Å². The summed E-state index contributed by atoms with van der Waals surface area (Å²) in [6, 6.07) is 8.42. The van der Waals surface area contributed by atoms with Crippen molar-refractivity contribution >= 4 is 11.9 Å². The zero-order valence-corrected chi connectivity index (χ0v) is 16.4. The predicted molar refractivity (Wildman–Crippen MR) is 111 cm³/mol. The standard InChI is InChI=1S/C23H26N4O/c1-17-7-9-19(10-8-17)14-27-22(28)20-15-25(13-18-5-3-2-4-6-18)16-21(20)26-12-11-24-23(26)27/h3,5-10H,2,4,11-16H2,1H3. The van der Waals surface area contributed by atoms with Crippen LogP contribution in [0.3, 0.4) is 0 Å². The Balaban J connectivity index is 1.37. The summed E-state index contributed by atoms with van der Waals surface area (Å²) in [5.74, 6) is 0.964. The van der Waals surface area contributed by atoms with E-state index in [9.17, 15) is 4.79 Å². The number of rotatable bonds is 4. The van der Waals surface area contributed by atoms with Crippen LogP contribution in [0.25, 0.3) is 0 Å². The van der Waals surface area contributed by atoms with Gasteiger partial charge in [-0.25, -0.2) is 0 Å². The molecule has 144 valence electrons. The molecule has 0 N–H and O–H groups in total. The molecule has 3 aliphatic heterocycles. The third kappa shape index (κ3) is 3.10. The number of nitrogens with zero attached hydrogens (tertiary/aromatic N) is 4. The van der Waals surface area contributed by atoms with Crippen LogP contribution >= 0.6 is 0 Å². The molecular formula is C23H26N4O. The van der Waals surface area contributed by atoms with Crippen molar-refractivity contribution in [3.63, 3.8) is 0 Å². The van der Waals surface area contributed by atoms with Crippen LogP contribution in [0, 0.1) is 6.92 Å². The molecule has 5 heteroatoms. The average molecular weight is 374 g/mol. The van der Waals surface area contributed by atoms with E-state index in [1.54, 1.807) is 0 Å². The first kappa shape index (κ1) is 17.4. The molecule has 0 aromatic heterocycles. The average Bonchev–Trinajstić information content (AvgIpc) is 3.34. The fourth-order valence-corrected chi connectivity index (χ4v) is 4.47. The summed E-state index contributed by atoms with van der Waals surface area (Å²) >= 11 is 0. The first-order chi connectivity index (χ1) is 13.7. The maximum Gasteiger partial charge on any atom is 0.259 e. The molecule has 3 heterocycles. The number of aryl methyl sites for hydroxylation is 1. The van der Waals surface area contributed by atoms with Crippen LogP contribution in [-0.4, -0.2) is 59.3 Å². The van der Waals surface area contributed by atoms with Crippen molar-refractivity contribution in [2.75, 3.05) is 32.7 Å². The molecule has 0 saturated heterocycles. The van der Waals surface area contributed by atoms with E-state index < -0.39 is 0 Å². The Kier molecular flexibility index (Phi) is 4.40. The van der Waals surface area contributed by atoms with Crippen LogP contribution in [0.1, 0.15) is 24.0 Å². The minimum absolute atomic E-state index is 0.128. The van der Waals surface area contributed by atoms with E-state index in [1.807, 2.05) is 4.90 Å². The molecular weight excluding hydrogens is 348 g/mol. The molecule has 1 aromatic rings. The van der Waals surface area contributed by atoms with Crippen LogP contribution in [-0.2, 0) is 11.3 Å². The highest BCUT2D eigenvalue weighted by Crippen LogP contribution is 2.32. The van der Waals surface area contributed by atoms with Gasteiger partial charge >= 0.3 is 0 Å². The quantitative estimate of drug-likeness (QED) is 0.814. The second-order valence-electron chi connectivity index (χ2n) is 8.04. The maximum absolute atomic E-state index is 13.4. The fraction of sp³-hybridized carbons (Fsp3) is 0.391. The van der Waals surface area contributed by atoms with Gasteiger partial charge in [0.15, 0.2) is 0 Å². The van der Waals surface area contributed by atoms with Crippen LogP contribution < -0.4 is 0 Å². The minimum atomic E-state index is 0.128. The molecule has 0 saturated carbocycles. The summed E-state index contributed by atoms with van der Waals surface area (Å²) in [6.07, 6.45) is 9.07. The van der Waals surface area contributed by atoms with Gasteiger partial charge in [0, 0.05) is 31.9 Å². The van der Waals surface area contributed by atoms with Gasteiger partial charge in [-0.15, -0.1) is 0 Å². The van der Waals surface area contributed by atoms with E-state index in [4.69, 9.17) is 0 Å². The Hall–Kier alpha value is -2.66. The Labute approximate surface area is 166 Å². The minimum Gasteiger partial charge on any atom is -0.312 e. The third-order valence-corrected chi connectivity index (χ3v) is 5.93. The number of carbonyl (C=O) groups excluding carboxylic acids is 1. The number of aliphatic imine (C=N–C) groups is 1. The highest BCUT2D eigenvalue weighted by atomic mass is 16.2. The number of allylic oxidation sites excluding steroid dienone is 2. The number of carbonyl (C=O) groups is 1. The number of hydrogen-bond donors (Lipinski definition) is 0. The van der Waals surface area contributed by atoms with Gasteiger partial charge in [0.25, 0.3) is 5.91 Å². The molecule has 0 bridgehead atoms. The van der Waals surface area contributed by atoms with Gasteiger partial charge in [0.1, 0.15) is 0 Å². The molecule has 28 heavy (non-hydrogen) atoms. The first-order valence-electron chi connectivity index (χ1n) is 10.2. The summed E-state index contributed by atoms with van der Waals surface area (Å²) in [6.45, 7) is 6.78. The van der Waals surface area contributed by atoms with Gasteiger partial charge < -0.3 is 4.90 Å². The van der Waals surface area contributed by atoms with Crippen LogP contribution in [0.15, 0.2) is 64.3 Å². The van der Waals surface area contributed by atoms with Crippen molar-refractivity contribution in [3.05, 3.63) is 70.5 Å². The molecule has 0 atom stereocenters. The Bertz CT molecular complexity index is 922. The molecule has 0 fully saturated rings. The van der Waals surface area contributed by atoms with Crippen LogP contribution in [0.5, 0.6) is 0 Å². The van der Waals surface area contributed by atoms with E-state index >= 15 is 0 Å². The Morgan fingerprint density at radius 2 is 1.93 bits per heavy atom. The van der Waals surface area contributed by atoms with Crippen molar-refractivity contribution in [3.8, 4) is 0 Å². The third-order valence-electron chi connectivity index (χ3n) is 5.93. The van der Waals surface area contributed by atoms with Gasteiger partial charge in [-0.05, 0) is 30.9 Å². The SMILES string of the molecule is Cc1ccc(CN2C(=O)C3=C(CN(CC4=CCCC=C4)C3)N3CCN=C23)cc1. The van der Waals surface area contributed by atoms with Gasteiger partial charge in [-0.3, -0.25) is 19.6 Å². The van der Waals surface area contributed by atoms with Crippen molar-refractivity contribution in [2.45, 2.75) is 26.3 Å². The summed E-state index contributed by atoms with van der Waals surface area (Å²) in [7, 11) is 0. The Morgan fingerprint density at radius 3 is 2.71 bits per heavy atom. The van der Waals surface area contributed by atoms with E-state index in [0.717, 1.165) is 62.7 Å². The smallest absolute Gasteiger partial charge is 0.259 e. The lowest BCUT2D eigenvalue weighted by molar-refractivity contribution is -0.125. The van der Waals surface area contributed by atoms with Crippen LogP contribution in [0.4, 0.5) is 0 Å². The first-order valence-corrected chi connectivity index (χ1v) is 10.2. The Morgan fingerprint density at radius 1 is 1.07 bits per heavy atom. The van der Waals surface area contributed by atoms with E-state index in [2.05, 4.69) is 64.2 Å². The number of amides is 1. The number of hydrogen-bond acceptors (Lipinski definition) is 4. The van der Waals surface area contributed by atoms with Gasteiger partial charge in [0.05, 0.1) is 18.7 Å². The highest BCUT2D eigenvalue weighted by molar-refractivity contribution is 6.10. The zero-order valence-electron chi connectivity index (χ0n) is 16.4. The molecule has 1 aromatic carbocycles. The molecule has 5 nitrogen and oxygen atoms in total. The van der Waals surface area contributed by atoms with Crippen LogP contribution in [0.2, 0.25) is 0 Å². The molecule has 0 spiro atoms. The van der Waals surface area contributed by atoms with Crippen molar-refractivity contribution < 1.29 is 4.79 Å². The summed E-state index contributed by atoms with van der Waals surface area (Å²) in [5, 5.41) is 0. The van der Waals surface area contributed by atoms with Gasteiger partial charge in [-0.2, -0.15) is 0 Å². The van der Waals surface area contributed by atoms with Gasteiger partial charge in [-0.1, -0.05) is 48.1 Å². The second kappa shape index (κ2) is 7.06. The zero-order chi connectivity index (χ0) is 19.1. The van der Waals surface area contributed by atoms with Crippen molar-refractivity contribution in [1.29, 1.82) is 0 Å². The largest absolute Gasteiger partial charge is 0.312 e. The lowest BCUT2D eigenvalue weighted by Crippen LogP contribution is -2.49. The normalized spacial score (nSPS) is 21.8. The van der Waals surface area contributed by atoms with Gasteiger partial charge in [0.2, 0.25) is 5.96 Å². The summed E-state index contributed by atoms with van der Waals surface area (Å²) in [5.41, 5.74) is 5.86. The monoisotopic (exact) mass is 374 g/mol. The topological polar surface area (TPSA) is 39.2 Å². The number of benzene rings is 1. The molecule has 1 amide bonds. The molecule has 5 rings (SSSR count). The lowest BCUT2D eigenvalue weighted by Gasteiger charge is -2.35. The predicted octanol–water partition coefficient (Wildman–Crippen LogP) is 2.85. The number of fused-ring (bicyclic) bond motifs is 2. The maximum atomic E-state index is 13.4. The molecule has 1 aliphatic carbocycles. The summed E-state index contributed by atoms with van der Waals surface area (Å²) in [4.78, 5) is 24.6. The second-order valence-corrected chi connectivity index (χ2v) is 8.04. The van der Waals surface area contributed by atoms with Crippen molar-refractivity contribution in [1.82, 2.24) is 14.7 Å². The summed E-state index contributed by atoms with van der Waals surface area (Å²) < 4.78 is 0. The van der Waals surface area contributed by atoms with E-state index in [1.165, 1.54) is 16.8 Å². The molecule has 0 unspecified atom stereocenters. The highest BCUT2D eigenvalue weighted by Gasteiger charge is 2.42. The fourth-order valence-electron chi connectivity index (χ4n) is 4.47. The molecule has 4 aliphatic rings. The van der Waals surface area contributed by atoms with E-state index in [0.29, 0.717) is 6.54 Å². The number of guanidine groups is 1. The lowest BCUT2D eigenvalue weighted by atomic mass is 10.1. The van der Waals surface area contributed by atoms with E-state index in [-0.39, 0.29) is 5.91 Å². The molecule has 0 radical (unpaired) electrons.